The van der Waals surface area contributed by atoms with Crippen LogP contribution in [-0.2, 0) is 19.4 Å². The Labute approximate surface area is 108 Å². The Hall–Kier alpha value is -1.11. The van der Waals surface area contributed by atoms with Crippen LogP contribution in [0.5, 0.6) is 0 Å². The quantitative estimate of drug-likeness (QED) is 0.596. The zero-order valence-corrected chi connectivity index (χ0v) is 11.6. The molecule has 0 aromatic carbocycles. The van der Waals surface area contributed by atoms with Gasteiger partial charge in [-0.3, -0.25) is 9.59 Å². The molecule has 0 bridgehead atoms. The molecule has 0 saturated heterocycles. The van der Waals surface area contributed by atoms with Crippen LogP contribution in [-0.4, -0.2) is 43.5 Å². The van der Waals surface area contributed by atoms with E-state index in [-0.39, 0.29) is 12.3 Å². The third-order valence-corrected chi connectivity index (χ3v) is 4.05. The molecule has 0 rings (SSSR count). The van der Waals surface area contributed by atoms with Crippen molar-refractivity contribution in [1.29, 1.82) is 0 Å². The van der Waals surface area contributed by atoms with Gasteiger partial charge in [-0.15, -0.1) is 0 Å². The highest BCUT2D eigenvalue weighted by molar-refractivity contribution is 7.92. The number of amides is 1. The standard InChI is InChI=1S/C11H21NO5S/c1-3-4-5-6-18(16,17)8-10(13)12-7-9(2)11(14)15/h9H,3-8H2,1-2H3,(H,12,13)(H,14,15). The molecule has 2 N–H and O–H groups in total. The van der Waals surface area contributed by atoms with E-state index < -0.39 is 33.4 Å². The van der Waals surface area contributed by atoms with Crippen LogP contribution in [0.2, 0.25) is 0 Å². The summed E-state index contributed by atoms with van der Waals surface area (Å²) in [5.74, 6) is -2.95. The number of carboxylic acid groups (broad SMARTS) is 1. The Bertz CT molecular complexity index is 377. The second-order valence-corrected chi connectivity index (χ2v) is 6.53. The van der Waals surface area contributed by atoms with Gasteiger partial charge in [-0.05, 0) is 6.42 Å². The number of rotatable bonds is 9. The summed E-state index contributed by atoms with van der Waals surface area (Å²) < 4.78 is 23.0. The molecular formula is C11H21NO5S. The second-order valence-electron chi connectivity index (χ2n) is 4.34. The largest absolute Gasteiger partial charge is 0.481 e. The van der Waals surface area contributed by atoms with Gasteiger partial charge in [0.25, 0.3) is 0 Å². The molecule has 6 nitrogen and oxygen atoms in total. The van der Waals surface area contributed by atoms with Crippen molar-refractivity contribution in [2.45, 2.75) is 33.1 Å². The fraction of sp³-hybridized carbons (Fsp3) is 0.818. The van der Waals surface area contributed by atoms with Crippen molar-refractivity contribution in [3.63, 3.8) is 0 Å². The first-order valence-corrected chi connectivity index (χ1v) is 7.80. The number of carbonyl (C=O) groups is 2. The molecule has 1 unspecified atom stereocenters. The van der Waals surface area contributed by atoms with Crippen LogP contribution in [0.1, 0.15) is 33.1 Å². The minimum atomic E-state index is -3.38. The topological polar surface area (TPSA) is 101 Å². The predicted octanol–water partition coefficient (Wildman–Crippen LogP) is 0.428. The van der Waals surface area contributed by atoms with E-state index >= 15 is 0 Å². The maximum absolute atomic E-state index is 11.5. The fourth-order valence-electron chi connectivity index (χ4n) is 1.25. The van der Waals surface area contributed by atoms with Crippen LogP contribution < -0.4 is 5.32 Å². The zero-order valence-electron chi connectivity index (χ0n) is 10.8. The van der Waals surface area contributed by atoms with E-state index in [1.807, 2.05) is 6.92 Å². The molecule has 0 aromatic rings. The van der Waals surface area contributed by atoms with E-state index in [4.69, 9.17) is 5.11 Å². The van der Waals surface area contributed by atoms with Gasteiger partial charge >= 0.3 is 5.97 Å². The Balaban J connectivity index is 4.03. The van der Waals surface area contributed by atoms with Gasteiger partial charge in [0.1, 0.15) is 5.75 Å². The van der Waals surface area contributed by atoms with Crippen LogP contribution >= 0.6 is 0 Å². The smallest absolute Gasteiger partial charge is 0.308 e. The Morgan fingerprint density at radius 3 is 2.39 bits per heavy atom. The molecule has 0 fully saturated rings. The van der Waals surface area contributed by atoms with Crippen molar-refractivity contribution in [1.82, 2.24) is 5.32 Å². The molecule has 0 saturated carbocycles. The molecule has 0 aliphatic heterocycles. The number of hydrogen-bond donors (Lipinski definition) is 2. The van der Waals surface area contributed by atoms with Gasteiger partial charge in [-0.25, -0.2) is 8.42 Å². The molecule has 0 aromatic heterocycles. The van der Waals surface area contributed by atoms with Gasteiger partial charge in [0.05, 0.1) is 11.7 Å². The van der Waals surface area contributed by atoms with E-state index in [9.17, 15) is 18.0 Å². The molecule has 1 amide bonds. The van der Waals surface area contributed by atoms with Gasteiger partial charge in [0.2, 0.25) is 5.91 Å². The SMILES string of the molecule is CCCCCS(=O)(=O)CC(=O)NCC(C)C(=O)O. The van der Waals surface area contributed by atoms with Gasteiger partial charge in [-0.1, -0.05) is 26.7 Å². The molecule has 0 aliphatic rings. The number of hydrogen-bond acceptors (Lipinski definition) is 4. The number of aliphatic carboxylic acids is 1. The van der Waals surface area contributed by atoms with Crippen molar-refractivity contribution in [2.75, 3.05) is 18.1 Å². The van der Waals surface area contributed by atoms with E-state index in [0.29, 0.717) is 6.42 Å². The Kier molecular flexibility index (Phi) is 7.58. The fourth-order valence-corrected chi connectivity index (χ4v) is 2.54. The summed E-state index contributed by atoms with van der Waals surface area (Å²) in [6, 6.07) is 0. The summed E-state index contributed by atoms with van der Waals surface area (Å²) in [6.45, 7) is 3.35. The molecule has 18 heavy (non-hydrogen) atoms. The monoisotopic (exact) mass is 279 g/mol. The summed E-state index contributed by atoms with van der Waals surface area (Å²) >= 11 is 0. The summed E-state index contributed by atoms with van der Waals surface area (Å²) in [5, 5.41) is 10.9. The lowest BCUT2D eigenvalue weighted by molar-refractivity contribution is -0.141. The highest BCUT2D eigenvalue weighted by atomic mass is 32.2. The average Bonchev–Trinajstić information content (AvgIpc) is 2.25. The van der Waals surface area contributed by atoms with Crippen LogP contribution in [0.15, 0.2) is 0 Å². The van der Waals surface area contributed by atoms with Crippen LogP contribution in [0.4, 0.5) is 0 Å². The molecular weight excluding hydrogens is 258 g/mol. The van der Waals surface area contributed by atoms with Crippen molar-refractivity contribution in [3.8, 4) is 0 Å². The lowest BCUT2D eigenvalue weighted by atomic mass is 10.2. The minimum Gasteiger partial charge on any atom is -0.481 e. The molecule has 7 heteroatoms. The van der Waals surface area contributed by atoms with Crippen LogP contribution in [0.3, 0.4) is 0 Å². The van der Waals surface area contributed by atoms with E-state index in [1.165, 1.54) is 6.92 Å². The minimum absolute atomic E-state index is 0.00272. The van der Waals surface area contributed by atoms with Crippen molar-refractivity contribution in [2.24, 2.45) is 5.92 Å². The number of carboxylic acids is 1. The van der Waals surface area contributed by atoms with Gasteiger partial charge in [0, 0.05) is 6.54 Å². The summed E-state index contributed by atoms with van der Waals surface area (Å²) in [6.07, 6.45) is 2.28. The van der Waals surface area contributed by atoms with Crippen LogP contribution in [0, 0.1) is 5.92 Å². The average molecular weight is 279 g/mol. The lowest BCUT2D eigenvalue weighted by Crippen LogP contribution is -2.35. The van der Waals surface area contributed by atoms with Crippen molar-refractivity contribution < 1.29 is 23.1 Å². The maximum atomic E-state index is 11.5. The normalized spacial score (nSPS) is 13.0. The number of carbonyl (C=O) groups excluding carboxylic acids is 1. The first kappa shape index (κ1) is 16.9. The molecule has 0 heterocycles. The number of nitrogens with one attached hydrogen (secondary N) is 1. The molecule has 1 atom stereocenters. The van der Waals surface area contributed by atoms with Gasteiger partial charge in [-0.2, -0.15) is 0 Å². The Morgan fingerprint density at radius 2 is 1.89 bits per heavy atom. The van der Waals surface area contributed by atoms with E-state index in [1.54, 1.807) is 0 Å². The van der Waals surface area contributed by atoms with E-state index in [0.717, 1.165) is 12.8 Å². The van der Waals surface area contributed by atoms with Gasteiger partial charge < -0.3 is 10.4 Å². The first-order chi connectivity index (χ1) is 8.28. The maximum Gasteiger partial charge on any atom is 0.308 e. The third kappa shape index (κ3) is 8.05. The third-order valence-electron chi connectivity index (χ3n) is 2.44. The summed E-state index contributed by atoms with van der Waals surface area (Å²) in [7, 11) is -3.38. The molecule has 0 spiro atoms. The molecule has 0 radical (unpaired) electrons. The molecule has 0 aliphatic carbocycles. The predicted molar refractivity (Wildman–Crippen MR) is 68.0 cm³/mol. The number of unbranched alkanes of at least 4 members (excludes halogenated alkanes) is 2. The zero-order chi connectivity index (χ0) is 14.2. The van der Waals surface area contributed by atoms with E-state index in [2.05, 4.69) is 5.32 Å². The van der Waals surface area contributed by atoms with Crippen molar-refractivity contribution >= 4 is 21.7 Å². The highest BCUT2D eigenvalue weighted by Crippen LogP contribution is 2.00. The van der Waals surface area contributed by atoms with Crippen molar-refractivity contribution in [3.05, 3.63) is 0 Å². The number of sulfone groups is 1. The summed E-state index contributed by atoms with van der Waals surface area (Å²) in [4.78, 5) is 21.8. The highest BCUT2D eigenvalue weighted by Gasteiger charge is 2.18. The first-order valence-electron chi connectivity index (χ1n) is 5.98. The summed E-state index contributed by atoms with van der Waals surface area (Å²) in [5.41, 5.74) is 0. The second kappa shape index (κ2) is 8.07. The van der Waals surface area contributed by atoms with Crippen LogP contribution in [0.25, 0.3) is 0 Å². The Morgan fingerprint density at radius 1 is 1.28 bits per heavy atom. The lowest BCUT2D eigenvalue weighted by Gasteiger charge is -2.08. The van der Waals surface area contributed by atoms with Gasteiger partial charge in [0.15, 0.2) is 9.84 Å². The molecule has 106 valence electrons.